The highest BCUT2D eigenvalue weighted by atomic mass is 16.5. The number of hydrogen-bond acceptors (Lipinski definition) is 5. The van der Waals surface area contributed by atoms with E-state index in [-0.39, 0.29) is 29.1 Å². The zero-order valence-corrected chi connectivity index (χ0v) is 19.8. The van der Waals surface area contributed by atoms with E-state index in [2.05, 4.69) is 53.4 Å². The van der Waals surface area contributed by atoms with Gasteiger partial charge in [-0.2, -0.15) is 0 Å². The van der Waals surface area contributed by atoms with Crippen LogP contribution in [0.4, 0.5) is 5.69 Å². The topological polar surface area (TPSA) is 59.0 Å². The first kappa shape index (κ1) is 22.2. The third-order valence-electron chi connectivity index (χ3n) is 8.10. The van der Waals surface area contributed by atoms with Crippen LogP contribution < -0.4 is 9.64 Å². The molecule has 0 amide bonds. The van der Waals surface area contributed by atoms with Crippen molar-refractivity contribution in [1.82, 2.24) is 0 Å². The van der Waals surface area contributed by atoms with Gasteiger partial charge in [0.05, 0.1) is 18.8 Å². The number of benzene rings is 3. The highest BCUT2D eigenvalue weighted by Gasteiger charge is 2.42. The van der Waals surface area contributed by atoms with Gasteiger partial charge < -0.3 is 24.3 Å². The highest BCUT2D eigenvalue weighted by molar-refractivity contribution is 5.55. The first-order valence-electron chi connectivity index (χ1n) is 12.6. The lowest BCUT2D eigenvalue weighted by atomic mass is 9.76. The monoisotopic (exact) mass is 469 g/mol. The number of carbonyl (C=O) groups is 1. The van der Waals surface area contributed by atoms with Crippen LogP contribution in [0.1, 0.15) is 47.8 Å². The number of anilines is 1. The van der Waals surface area contributed by atoms with Gasteiger partial charge in [-0.15, -0.1) is 0 Å². The molecule has 1 spiro atoms. The van der Waals surface area contributed by atoms with Gasteiger partial charge in [-0.25, -0.2) is 0 Å². The van der Waals surface area contributed by atoms with Crippen LogP contribution in [0.3, 0.4) is 0 Å². The third-order valence-corrected chi connectivity index (χ3v) is 8.10. The Balaban J connectivity index is 1.25. The normalized spacial score (nSPS) is 25.1. The summed E-state index contributed by atoms with van der Waals surface area (Å²) in [6.45, 7) is 3.03. The van der Waals surface area contributed by atoms with E-state index in [0.717, 1.165) is 50.0 Å². The number of aromatic hydroxyl groups is 1. The van der Waals surface area contributed by atoms with Crippen LogP contribution in [-0.4, -0.2) is 43.3 Å². The number of piperidine rings is 1. The van der Waals surface area contributed by atoms with E-state index in [1.165, 1.54) is 16.8 Å². The second kappa shape index (κ2) is 9.04. The van der Waals surface area contributed by atoms with Gasteiger partial charge in [-0.1, -0.05) is 48.5 Å². The second-order valence-electron chi connectivity index (χ2n) is 10.2. The molecule has 0 radical (unpaired) electrons. The van der Waals surface area contributed by atoms with Gasteiger partial charge in [-0.05, 0) is 48.6 Å². The maximum atomic E-state index is 11.2. The summed E-state index contributed by atoms with van der Waals surface area (Å²) in [5, 5.41) is 10.0. The molecule has 3 aliphatic rings. The molecule has 0 aliphatic carbocycles. The molecule has 3 aromatic rings. The highest BCUT2D eigenvalue weighted by Crippen LogP contribution is 2.47. The fraction of sp³-hybridized carbons (Fsp3) is 0.367. The number of ether oxygens (including phenoxy) is 2. The molecule has 0 aromatic heterocycles. The molecule has 1 N–H and O–H groups in total. The van der Waals surface area contributed by atoms with Gasteiger partial charge in [0.15, 0.2) is 0 Å². The van der Waals surface area contributed by atoms with E-state index in [1.54, 1.807) is 12.1 Å². The number of aldehydes is 1. The van der Waals surface area contributed by atoms with Crippen LogP contribution in [0, 0.1) is 5.92 Å². The van der Waals surface area contributed by atoms with Crippen molar-refractivity contribution in [3.63, 3.8) is 0 Å². The van der Waals surface area contributed by atoms with Crippen LogP contribution >= 0.6 is 0 Å². The lowest BCUT2D eigenvalue weighted by molar-refractivity contribution is -0.111. The molecule has 35 heavy (non-hydrogen) atoms. The van der Waals surface area contributed by atoms with E-state index in [9.17, 15) is 9.90 Å². The van der Waals surface area contributed by atoms with Gasteiger partial charge in [0, 0.05) is 48.2 Å². The third kappa shape index (κ3) is 4.19. The van der Waals surface area contributed by atoms with Gasteiger partial charge in [0.2, 0.25) is 0 Å². The van der Waals surface area contributed by atoms with E-state index in [1.807, 2.05) is 12.1 Å². The van der Waals surface area contributed by atoms with Crippen LogP contribution in [0.2, 0.25) is 0 Å². The van der Waals surface area contributed by atoms with E-state index < -0.39 is 0 Å². The van der Waals surface area contributed by atoms with E-state index in [4.69, 9.17) is 9.47 Å². The Morgan fingerprint density at radius 2 is 1.69 bits per heavy atom. The van der Waals surface area contributed by atoms with Gasteiger partial charge in [0.25, 0.3) is 0 Å². The van der Waals surface area contributed by atoms with Crippen LogP contribution in [0.5, 0.6) is 11.5 Å². The van der Waals surface area contributed by atoms with Crippen molar-refractivity contribution in [2.75, 3.05) is 31.2 Å². The SMILES string of the molecule is O=CC1COC2(CCN(c3ccc([C@@H]4c5ccc(O)cc5OC[C@@H]4c4ccccc4)cc3)CC2)C1. The number of rotatable bonds is 4. The predicted octanol–water partition coefficient (Wildman–Crippen LogP) is 5.27. The molecule has 3 heterocycles. The van der Waals surface area contributed by atoms with Crippen molar-refractivity contribution in [2.45, 2.75) is 36.7 Å². The average molecular weight is 470 g/mol. The molecule has 3 aliphatic heterocycles. The largest absolute Gasteiger partial charge is 0.508 e. The molecule has 1 unspecified atom stereocenters. The molecule has 180 valence electrons. The minimum Gasteiger partial charge on any atom is -0.508 e. The van der Waals surface area contributed by atoms with Crippen molar-refractivity contribution in [3.05, 3.63) is 89.5 Å². The van der Waals surface area contributed by atoms with E-state index >= 15 is 0 Å². The maximum Gasteiger partial charge on any atom is 0.126 e. The molecule has 2 fully saturated rings. The Morgan fingerprint density at radius 1 is 0.914 bits per heavy atom. The summed E-state index contributed by atoms with van der Waals surface area (Å²) in [5.41, 5.74) is 4.73. The Bertz CT molecular complexity index is 1180. The molecule has 0 saturated carbocycles. The number of hydrogen-bond donors (Lipinski definition) is 1. The Morgan fingerprint density at radius 3 is 2.40 bits per heavy atom. The molecule has 3 atom stereocenters. The summed E-state index contributed by atoms with van der Waals surface area (Å²) < 4.78 is 12.2. The van der Waals surface area contributed by atoms with Crippen LogP contribution in [0.25, 0.3) is 0 Å². The molecule has 5 nitrogen and oxygen atoms in total. The fourth-order valence-electron chi connectivity index (χ4n) is 6.18. The summed E-state index contributed by atoms with van der Waals surface area (Å²) in [4.78, 5) is 13.6. The molecular weight excluding hydrogens is 438 g/mol. The lowest BCUT2D eigenvalue weighted by Gasteiger charge is -2.40. The number of carbonyl (C=O) groups excluding carboxylic acids is 1. The second-order valence-corrected chi connectivity index (χ2v) is 10.2. The standard InChI is InChI=1S/C30H31NO4/c32-18-21-17-30(35-19-21)12-14-31(15-13-30)24-8-6-23(7-9-24)29-26-11-10-25(33)16-28(26)34-20-27(29)22-4-2-1-3-5-22/h1-11,16,18,21,27,29,33H,12-15,17,19-20H2/t21?,27-,29-/m1/s1. The zero-order valence-electron chi connectivity index (χ0n) is 19.8. The van der Waals surface area contributed by atoms with Crippen molar-refractivity contribution in [2.24, 2.45) is 5.92 Å². The first-order chi connectivity index (χ1) is 17.1. The Labute approximate surface area is 206 Å². The Kier molecular flexibility index (Phi) is 5.73. The first-order valence-corrected chi connectivity index (χ1v) is 12.6. The van der Waals surface area contributed by atoms with Gasteiger partial charge in [0.1, 0.15) is 17.8 Å². The summed E-state index contributed by atoms with van der Waals surface area (Å²) in [5.74, 6) is 1.39. The predicted molar refractivity (Wildman–Crippen MR) is 135 cm³/mol. The zero-order chi connectivity index (χ0) is 23.8. The van der Waals surface area contributed by atoms with Crippen molar-refractivity contribution >= 4 is 12.0 Å². The van der Waals surface area contributed by atoms with Crippen LogP contribution in [0.15, 0.2) is 72.8 Å². The molecule has 5 heteroatoms. The average Bonchev–Trinajstić information content (AvgIpc) is 3.31. The molecule has 3 aromatic carbocycles. The smallest absolute Gasteiger partial charge is 0.126 e. The molecule has 6 rings (SSSR count). The van der Waals surface area contributed by atoms with Crippen molar-refractivity contribution in [3.8, 4) is 11.5 Å². The minimum absolute atomic E-state index is 0.0580. The molecule has 2 saturated heterocycles. The fourth-order valence-corrected chi connectivity index (χ4v) is 6.18. The van der Waals surface area contributed by atoms with Gasteiger partial charge in [-0.3, -0.25) is 0 Å². The molecular formula is C30H31NO4. The van der Waals surface area contributed by atoms with Crippen molar-refractivity contribution in [1.29, 1.82) is 0 Å². The number of nitrogens with zero attached hydrogens (tertiary/aromatic N) is 1. The Hall–Kier alpha value is -3.31. The maximum absolute atomic E-state index is 11.2. The minimum atomic E-state index is -0.109. The quantitative estimate of drug-likeness (QED) is 0.527. The van der Waals surface area contributed by atoms with Crippen LogP contribution in [-0.2, 0) is 9.53 Å². The lowest BCUT2D eigenvalue weighted by Crippen LogP contribution is -2.44. The van der Waals surface area contributed by atoms with E-state index in [0.29, 0.717) is 13.2 Å². The summed E-state index contributed by atoms with van der Waals surface area (Å²) >= 11 is 0. The summed E-state index contributed by atoms with van der Waals surface area (Å²) in [6, 6.07) is 25.0. The summed E-state index contributed by atoms with van der Waals surface area (Å²) in [7, 11) is 0. The number of phenolic OH excluding ortho intramolecular Hbond substituents is 1. The number of fused-ring (bicyclic) bond motifs is 1. The van der Waals surface area contributed by atoms with Gasteiger partial charge >= 0.3 is 0 Å². The summed E-state index contributed by atoms with van der Waals surface area (Å²) in [6.07, 6.45) is 3.85. The molecule has 0 bridgehead atoms. The number of phenols is 1. The van der Waals surface area contributed by atoms with Crippen molar-refractivity contribution < 1.29 is 19.4 Å².